The van der Waals surface area contributed by atoms with Gasteiger partial charge in [-0.3, -0.25) is 4.79 Å². The number of anilines is 1. The maximum Gasteiger partial charge on any atom is 0.254 e. The third-order valence-electron chi connectivity index (χ3n) is 7.93. The Bertz CT molecular complexity index is 1260. The maximum absolute atomic E-state index is 15.0. The number of carbonyl (C=O) groups excluding carboxylic acids is 1. The highest BCUT2D eigenvalue weighted by Gasteiger charge is 2.79. The molecular formula is C27H27FN4O2. The van der Waals surface area contributed by atoms with Crippen molar-refractivity contribution in [3.8, 4) is 11.3 Å². The largest absolute Gasteiger partial charge is 0.393 e. The Labute approximate surface area is 197 Å². The quantitative estimate of drug-likeness (QED) is 0.537. The second kappa shape index (κ2) is 7.87. The van der Waals surface area contributed by atoms with Crippen molar-refractivity contribution in [1.82, 2.24) is 15.3 Å². The van der Waals surface area contributed by atoms with Gasteiger partial charge in [-0.05, 0) is 55.7 Å². The van der Waals surface area contributed by atoms with E-state index < -0.39 is 11.7 Å². The summed E-state index contributed by atoms with van der Waals surface area (Å²) in [7, 11) is 0. The molecule has 0 aliphatic heterocycles. The third kappa shape index (κ3) is 3.46. The number of nitrogens with two attached hydrogens (primary N) is 1. The minimum Gasteiger partial charge on any atom is -0.393 e. The van der Waals surface area contributed by atoms with Gasteiger partial charge >= 0.3 is 0 Å². The van der Waals surface area contributed by atoms with Crippen LogP contribution in [0.1, 0.15) is 59.6 Å². The van der Waals surface area contributed by atoms with E-state index in [0.717, 1.165) is 37.8 Å². The lowest BCUT2D eigenvalue weighted by atomic mass is 9.85. The number of aliphatic hydroxyl groups excluding tert-OH is 1. The predicted molar refractivity (Wildman–Crippen MR) is 127 cm³/mol. The van der Waals surface area contributed by atoms with Crippen molar-refractivity contribution in [2.24, 2.45) is 5.92 Å². The number of nitrogens with one attached hydrogen (secondary N) is 1. The third-order valence-corrected chi connectivity index (χ3v) is 7.93. The Kier molecular flexibility index (Phi) is 4.92. The summed E-state index contributed by atoms with van der Waals surface area (Å²) in [5.74, 6) is -0.137. The molecule has 174 valence electrons. The first-order valence-electron chi connectivity index (χ1n) is 11.9. The molecular weight excluding hydrogens is 431 g/mol. The minimum atomic E-state index is -0.606. The zero-order valence-corrected chi connectivity index (χ0v) is 18.7. The summed E-state index contributed by atoms with van der Waals surface area (Å²) < 4.78 is 15.0. The molecule has 3 atom stereocenters. The summed E-state index contributed by atoms with van der Waals surface area (Å²) in [6, 6.07) is 14.7. The molecule has 0 bridgehead atoms. The van der Waals surface area contributed by atoms with Crippen LogP contribution in [0.3, 0.4) is 0 Å². The van der Waals surface area contributed by atoms with Crippen molar-refractivity contribution in [2.75, 3.05) is 5.73 Å². The average molecular weight is 459 g/mol. The number of rotatable bonds is 5. The Balaban J connectivity index is 1.19. The van der Waals surface area contributed by atoms with Gasteiger partial charge in [-0.15, -0.1) is 0 Å². The van der Waals surface area contributed by atoms with Crippen LogP contribution >= 0.6 is 0 Å². The first-order chi connectivity index (χ1) is 16.5. The van der Waals surface area contributed by atoms with Gasteiger partial charge in [0.25, 0.3) is 5.91 Å². The van der Waals surface area contributed by atoms with Crippen LogP contribution in [-0.4, -0.2) is 33.1 Å². The fourth-order valence-corrected chi connectivity index (χ4v) is 5.66. The molecule has 3 aliphatic carbocycles. The summed E-state index contributed by atoms with van der Waals surface area (Å²) >= 11 is 0. The summed E-state index contributed by atoms with van der Waals surface area (Å²) in [6.45, 7) is 0. The predicted octanol–water partition coefficient (Wildman–Crippen LogP) is 3.95. The molecule has 6 rings (SSSR count). The zero-order chi connectivity index (χ0) is 23.4. The van der Waals surface area contributed by atoms with E-state index in [1.165, 1.54) is 17.7 Å². The molecule has 2 aromatic carbocycles. The van der Waals surface area contributed by atoms with Gasteiger partial charge in [-0.2, -0.15) is 0 Å². The molecule has 4 N–H and O–H groups in total. The fourth-order valence-electron chi connectivity index (χ4n) is 5.66. The topological polar surface area (TPSA) is 101 Å². The van der Waals surface area contributed by atoms with Gasteiger partial charge in [-0.25, -0.2) is 14.4 Å². The normalized spacial score (nSPS) is 29.2. The Morgan fingerprint density at radius 2 is 1.88 bits per heavy atom. The number of nitrogen functional groups attached to an aromatic ring is 1. The summed E-state index contributed by atoms with van der Waals surface area (Å²) in [4.78, 5) is 21.8. The second-order valence-corrected chi connectivity index (χ2v) is 9.90. The fraction of sp³-hybridized carbons (Fsp3) is 0.370. The number of benzene rings is 2. The number of nitrogens with zero attached hydrogens (tertiary/aromatic N) is 2. The first-order valence-corrected chi connectivity index (χ1v) is 11.9. The van der Waals surface area contributed by atoms with E-state index in [0.29, 0.717) is 17.2 Å². The van der Waals surface area contributed by atoms with Crippen LogP contribution in [0.15, 0.2) is 54.7 Å². The van der Waals surface area contributed by atoms with Crippen molar-refractivity contribution < 1.29 is 14.3 Å². The lowest BCUT2D eigenvalue weighted by molar-refractivity contribution is 0.0938. The summed E-state index contributed by atoms with van der Waals surface area (Å²) in [5, 5.41) is 12.8. The monoisotopic (exact) mass is 458 g/mol. The number of aliphatic hydroxyl groups is 1. The smallest absolute Gasteiger partial charge is 0.254 e. The average Bonchev–Trinajstić information content (AvgIpc) is 3.74. The van der Waals surface area contributed by atoms with Gasteiger partial charge in [0.1, 0.15) is 17.3 Å². The standard InChI is InChI=1S/C27H27FN4O2/c28-21-12-16(23-25(29)30-14-22(31-23)15-6-9-18(33)10-7-15)8-11-19(21)26(34)32-24-20-13-27(20,24)17-4-2-1-3-5-17/h1-5,8,11-12,14-15,18,20,24,33H,6-7,9-10,13H2,(H2,29,30)(H,32,34)/t15-,18-,20?,24-,27-/m1/s1. The van der Waals surface area contributed by atoms with E-state index in [1.807, 2.05) is 18.2 Å². The number of carbonyl (C=O) groups is 1. The van der Waals surface area contributed by atoms with Gasteiger partial charge in [-0.1, -0.05) is 36.4 Å². The van der Waals surface area contributed by atoms with Crippen LogP contribution in [0.4, 0.5) is 10.2 Å². The summed E-state index contributed by atoms with van der Waals surface area (Å²) in [6.07, 6.45) is 5.61. The SMILES string of the molecule is Nc1ncc([C@H]2CC[C@H](O)CC2)nc1-c1ccc(C(=O)N[C@@H]2C3C[C@@]32c2ccccc2)c(F)c1. The minimum absolute atomic E-state index is 0.0159. The number of aromatic nitrogens is 2. The van der Waals surface area contributed by atoms with Crippen LogP contribution in [0, 0.1) is 11.7 Å². The van der Waals surface area contributed by atoms with Crippen molar-refractivity contribution in [3.63, 3.8) is 0 Å². The van der Waals surface area contributed by atoms with Crippen molar-refractivity contribution >= 4 is 11.7 Å². The van der Waals surface area contributed by atoms with Gasteiger partial charge < -0.3 is 16.2 Å². The Hall–Kier alpha value is -3.32. The molecule has 3 saturated carbocycles. The second-order valence-electron chi connectivity index (χ2n) is 9.90. The van der Waals surface area contributed by atoms with Crippen molar-refractivity contribution in [3.05, 3.63) is 77.4 Å². The zero-order valence-electron chi connectivity index (χ0n) is 18.7. The molecule has 1 aromatic heterocycles. The molecule has 3 aromatic rings. The number of fused-ring (bicyclic) bond motifs is 1. The van der Waals surface area contributed by atoms with Gasteiger partial charge in [0.05, 0.1) is 23.6 Å². The van der Waals surface area contributed by atoms with Crippen LogP contribution in [0.2, 0.25) is 0 Å². The van der Waals surface area contributed by atoms with Crippen LogP contribution in [0.25, 0.3) is 11.3 Å². The number of hydrogen-bond acceptors (Lipinski definition) is 5. The molecule has 7 heteroatoms. The molecule has 3 aliphatic rings. The number of amides is 1. The molecule has 1 heterocycles. The maximum atomic E-state index is 15.0. The highest BCUT2D eigenvalue weighted by molar-refractivity contribution is 5.96. The molecule has 0 spiro atoms. The van der Waals surface area contributed by atoms with E-state index in [9.17, 15) is 9.90 Å². The van der Waals surface area contributed by atoms with E-state index in [1.54, 1.807) is 12.3 Å². The molecule has 0 saturated heterocycles. The first kappa shape index (κ1) is 21.2. The van der Waals surface area contributed by atoms with E-state index in [2.05, 4.69) is 27.4 Å². The van der Waals surface area contributed by atoms with Crippen LogP contribution in [0.5, 0.6) is 0 Å². The van der Waals surface area contributed by atoms with Gasteiger partial charge in [0, 0.05) is 22.9 Å². The van der Waals surface area contributed by atoms with E-state index in [-0.39, 0.29) is 34.9 Å². The molecule has 0 radical (unpaired) electrons. The molecule has 3 fully saturated rings. The van der Waals surface area contributed by atoms with Crippen molar-refractivity contribution in [1.29, 1.82) is 0 Å². The Morgan fingerprint density at radius 3 is 2.59 bits per heavy atom. The van der Waals surface area contributed by atoms with Gasteiger partial charge in [0.2, 0.25) is 0 Å². The lowest BCUT2D eigenvalue weighted by Crippen LogP contribution is -2.33. The lowest BCUT2D eigenvalue weighted by Gasteiger charge is -2.25. The number of hydrogen-bond donors (Lipinski definition) is 3. The van der Waals surface area contributed by atoms with Gasteiger partial charge in [0.15, 0.2) is 0 Å². The van der Waals surface area contributed by atoms with E-state index in [4.69, 9.17) is 5.73 Å². The molecule has 6 nitrogen and oxygen atoms in total. The highest BCUT2D eigenvalue weighted by atomic mass is 19.1. The highest BCUT2D eigenvalue weighted by Crippen LogP contribution is 2.75. The van der Waals surface area contributed by atoms with Crippen LogP contribution in [-0.2, 0) is 5.41 Å². The Morgan fingerprint density at radius 1 is 1.12 bits per heavy atom. The summed E-state index contributed by atoms with van der Waals surface area (Å²) in [5.41, 5.74) is 9.07. The van der Waals surface area contributed by atoms with Crippen molar-refractivity contribution in [2.45, 2.75) is 55.6 Å². The number of halogens is 1. The molecule has 1 amide bonds. The van der Waals surface area contributed by atoms with Crippen LogP contribution < -0.4 is 11.1 Å². The molecule has 34 heavy (non-hydrogen) atoms. The van der Waals surface area contributed by atoms with E-state index >= 15 is 4.39 Å². The molecule has 1 unspecified atom stereocenters.